The van der Waals surface area contributed by atoms with Crippen molar-refractivity contribution in [1.29, 1.82) is 0 Å². The van der Waals surface area contributed by atoms with Gasteiger partial charge in [-0.05, 0) is 82.2 Å². The van der Waals surface area contributed by atoms with E-state index in [1.165, 1.54) is 12.0 Å². The van der Waals surface area contributed by atoms with E-state index in [2.05, 4.69) is 47.9 Å². The SMILES string of the molecule is CC(C)Oc1ccccc1N1CCN(C(O)CCCc2ccc(C(=O)N3CCCCC3)cc2)CC1. The first-order chi connectivity index (χ1) is 17.0. The van der Waals surface area contributed by atoms with Gasteiger partial charge in [-0.25, -0.2) is 0 Å². The van der Waals surface area contributed by atoms with Crippen molar-refractivity contribution in [3.05, 3.63) is 59.7 Å². The van der Waals surface area contributed by atoms with Gasteiger partial charge in [0, 0.05) is 44.8 Å². The Bertz CT molecular complexity index is 932. The second-order valence-corrected chi connectivity index (χ2v) is 10.1. The van der Waals surface area contributed by atoms with Crippen LogP contribution in [0.2, 0.25) is 0 Å². The standard InChI is InChI=1S/C29H41N3O3/c1-23(2)35-27-11-5-4-10-26(27)30-19-21-31(22-20-30)28(33)12-8-9-24-13-15-25(16-14-24)29(34)32-17-6-3-7-18-32/h4-5,10-11,13-16,23,28,33H,3,6-9,12,17-22H2,1-2H3. The van der Waals surface area contributed by atoms with Crippen LogP contribution in [0.5, 0.6) is 5.75 Å². The average molecular weight is 480 g/mol. The molecule has 1 atom stereocenters. The van der Waals surface area contributed by atoms with E-state index < -0.39 is 6.23 Å². The first-order valence-electron chi connectivity index (χ1n) is 13.3. The largest absolute Gasteiger partial charge is 0.489 e. The maximum atomic E-state index is 12.6. The van der Waals surface area contributed by atoms with Crippen LogP contribution in [-0.2, 0) is 6.42 Å². The Hall–Kier alpha value is -2.57. The molecule has 0 aliphatic carbocycles. The third kappa shape index (κ3) is 6.98. The number of nitrogens with zero attached hydrogens (tertiary/aromatic N) is 3. The number of carbonyl (C=O) groups is 1. The van der Waals surface area contributed by atoms with E-state index in [1.54, 1.807) is 0 Å². The number of hydrogen-bond acceptors (Lipinski definition) is 5. The summed E-state index contributed by atoms with van der Waals surface area (Å²) in [7, 11) is 0. The number of hydrogen-bond donors (Lipinski definition) is 1. The van der Waals surface area contributed by atoms with Crippen molar-refractivity contribution in [1.82, 2.24) is 9.80 Å². The number of benzene rings is 2. The Morgan fingerprint density at radius 3 is 2.29 bits per heavy atom. The molecule has 2 fully saturated rings. The summed E-state index contributed by atoms with van der Waals surface area (Å²) in [4.78, 5) is 19.2. The zero-order chi connectivity index (χ0) is 24.6. The zero-order valence-electron chi connectivity index (χ0n) is 21.4. The molecule has 0 aromatic heterocycles. The van der Waals surface area contributed by atoms with Crippen LogP contribution in [0, 0.1) is 0 Å². The monoisotopic (exact) mass is 479 g/mol. The summed E-state index contributed by atoms with van der Waals surface area (Å²) in [5.41, 5.74) is 3.14. The van der Waals surface area contributed by atoms with Crippen LogP contribution in [0.3, 0.4) is 0 Å². The van der Waals surface area contributed by atoms with E-state index in [4.69, 9.17) is 4.74 Å². The van der Waals surface area contributed by atoms with E-state index in [9.17, 15) is 9.90 Å². The normalized spacial score (nSPS) is 18.1. The smallest absolute Gasteiger partial charge is 0.253 e. The highest BCUT2D eigenvalue weighted by Crippen LogP contribution is 2.30. The van der Waals surface area contributed by atoms with Crippen molar-refractivity contribution in [2.75, 3.05) is 44.2 Å². The number of aliphatic hydroxyl groups excluding tert-OH is 1. The molecule has 2 heterocycles. The van der Waals surface area contributed by atoms with Crippen LogP contribution in [0.1, 0.15) is 61.9 Å². The summed E-state index contributed by atoms with van der Waals surface area (Å²) >= 11 is 0. The Morgan fingerprint density at radius 1 is 0.914 bits per heavy atom. The van der Waals surface area contributed by atoms with Crippen molar-refractivity contribution in [2.24, 2.45) is 0 Å². The molecular formula is C29H41N3O3. The number of piperazine rings is 1. The molecule has 2 aromatic rings. The van der Waals surface area contributed by atoms with Gasteiger partial charge in [0.05, 0.1) is 11.8 Å². The number of carbonyl (C=O) groups excluding carboxylic acids is 1. The molecule has 1 amide bonds. The lowest BCUT2D eigenvalue weighted by molar-refractivity contribution is -0.00669. The average Bonchev–Trinajstić information content (AvgIpc) is 2.89. The minimum Gasteiger partial charge on any atom is -0.489 e. The predicted molar refractivity (Wildman–Crippen MR) is 141 cm³/mol. The van der Waals surface area contributed by atoms with Gasteiger partial charge in [0.2, 0.25) is 0 Å². The Kier molecular flexibility index (Phi) is 9.05. The number of rotatable bonds is 9. The van der Waals surface area contributed by atoms with E-state index in [-0.39, 0.29) is 12.0 Å². The van der Waals surface area contributed by atoms with Gasteiger partial charge >= 0.3 is 0 Å². The fourth-order valence-corrected chi connectivity index (χ4v) is 5.10. The molecule has 0 saturated carbocycles. The molecule has 0 spiro atoms. The maximum absolute atomic E-state index is 12.6. The van der Waals surface area contributed by atoms with Crippen LogP contribution in [-0.4, -0.2) is 72.4 Å². The van der Waals surface area contributed by atoms with Gasteiger partial charge in [0.25, 0.3) is 5.91 Å². The Balaban J connectivity index is 1.20. The first kappa shape index (κ1) is 25.5. The van der Waals surface area contributed by atoms with Gasteiger partial charge in [0.1, 0.15) is 12.0 Å². The molecule has 6 heteroatoms. The molecule has 0 radical (unpaired) electrons. The third-order valence-corrected chi connectivity index (χ3v) is 7.08. The maximum Gasteiger partial charge on any atom is 0.253 e. The fraction of sp³-hybridized carbons (Fsp3) is 0.552. The summed E-state index contributed by atoms with van der Waals surface area (Å²) in [5.74, 6) is 1.09. The lowest BCUT2D eigenvalue weighted by Gasteiger charge is -2.39. The second kappa shape index (κ2) is 12.4. The molecule has 2 aliphatic rings. The fourth-order valence-electron chi connectivity index (χ4n) is 5.10. The van der Waals surface area contributed by atoms with Crippen LogP contribution >= 0.6 is 0 Å². The van der Waals surface area contributed by atoms with Gasteiger partial charge in [0.15, 0.2) is 0 Å². The molecule has 6 nitrogen and oxygen atoms in total. The summed E-state index contributed by atoms with van der Waals surface area (Å²) in [6, 6.07) is 16.3. The Labute approximate surface area is 210 Å². The minimum absolute atomic E-state index is 0.144. The molecule has 4 rings (SSSR count). The molecule has 1 N–H and O–H groups in total. The van der Waals surface area contributed by atoms with Crippen LogP contribution in [0.4, 0.5) is 5.69 Å². The predicted octanol–water partition coefficient (Wildman–Crippen LogP) is 4.56. The number of aryl methyl sites for hydroxylation is 1. The summed E-state index contributed by atoms with van der Waals surface area (Å²) in [6.45, 7) is 9.29. The quantitative estimate of drug-likeness (QED) is 0.571. The minimum atomic E-state index is -0.417. The highest BCUT2D eigenvalue weighted by Gasteiger charge is 2.24. The van der Waals surface area contributed by atoms with Crippen molar-refractivity contribution in [3.8, 4) is 5.75 Å². The van der Waals surface area contributed by atoms with Gasteiger partial charge in [-0.1, -0.05) is 24.3 Å². The number of para-hydroxylation sites is 2. The molecule has 2 saturated heterocycles. The third-order valence-electron chi connectivity index (χ3n) is 7.08. The molecule has 0 bridgehead atoms. The summed E-state index contributed by atoms with van der Waals surface area (Å²) < 4.78 is 5.99. The summed E-state index contributed by atoms with van der Waals surface area (Å²) in [5, 5.41) is 10.8. The summed E-state index contributed by atoms with van der Waals surface area (Å²) in [6.07, 6.45) is 5.76. The van der Waals surface area contributed by atoms with Crippen molar-refractivity contribution in [3.63, 3.8) is 0 Å². The topological polar surface area (TPSA) is 56.2 Å². The number of amides is 1. The molecule has 190 valence electrons. The van der Waals surface area contributed by atoms with E-state index >= 15 is 0 Å². The van der Waals surface area contributed by atoms with E-state index in [0.29, 0.717) is 0 Å². The number of ether oxygens (including phenoxy) is 1. The van der Waals surface area contributed by atoms with Crippen molar-refractivity contribution >= 4 is 11.6 Å². The highest BCUT2D eigenvalue weighted by molar-refractivity contribution is 5.94. The number of piperidine rings is 1. The number of aliphatic hydroxyl groups is 1. The van der Waals surface area contributed by atoms with Crippen LogP contribution in [0.15, 0.2) is 48.5 Å². The van der Waals surface area contributed by atoms with Crippen LogP contribution < -0.4 is 9.64 Å². The molecule has 2 aliphatic heterocycles. The van der Waals surface area contributed by atoms with E-state index in [1.807, 2.05) is 29.2 Å². The second-order valence-electron chi connectivity index (χ2n) is 10.1. The van der Waals surface area contributed by atoms with Gasteiger partial charge in [-0.3, -0.25) is 9.69 Å². The molecule has 1 unspecified atom stereocenters. The highest BCUT2D eigenvalue weighted by atomic mass is 16.5. The molecule has 35 heavy (non-hydrogen) atoms. The lowest BCUT2D eigenvalue weighted by Crippen LogP contribution is -2.50. The van der Waals surface area contributed by atoms with Gasteiger partial charge in [-0.2, -0.15) is 0 Å². The molecule has 2 aromatic carbocycles. The van der Waals surface area contributed by atoms with Gasteiger partial charge < -0.3 is 19.6 Å². The zero-order valence-corrected chi connectivity index (χ0v) is 21.4. The Morgan fingerprint density at radius 2 is 1.60 bits per heavy atom. The van der Waals surface area contributed by atoms with Crippen molar-refractivity contribution < 1.29 is 14.6 Å². The first-order valence-corrected chi connectivity index (χ1v) is 13.3. The van der Waals surface area contributed by atoms with Crippen LogP contribution in [0.25, 0.3) is 0 Å². The number of likely N-dealkylation sites (tertiary alicyclic amines) is 1. The van der Waals surface area contributed by atoms with Crippen molar-refractivity contribution in [2.45, 2.75) is 64.7 Å². The number of anilines is 1. The lowest BCUT2D eigenvalue weighted by atomic mass is 10.0. The van der Waals surface area contributed by atoms with E-state index in [0.717, 1.165) is 88.4 Å². The molecular weight excluding hydrogens is 438 g/mol. The van der Waals surface area contributed by atoms with Gasteiger partial charge in [-0.15, -0.1) is 0 Å².